The maximum Gasteiger partial charge on any atom is 0.270 e. The second kappa shape index (κ2) is 9.84. The van der Waals surface area contributed by atoms with Crippen molar-refractivity contribution in [3.8, 4) is 16.9 Å². The Bertz CT molecular complexity index is 1590. The minimum atomic E-state index is -0.501. The third kappa shape index (κ3) is 4.72. The van der Waals surface area contributed by atoms with Gasteiger partial charge in [0.25, 0.3) is 11.2 Å². The molecule has 178 valence electrons. The average Bonchev–Trinajstić information content (AvgIpc) is 2.91. The number of non-ortho nitro benzene ring substituents is 1. The standard InChI is InChI=1S/C29H23N3O4/c1-36-25-14-11-23(12-15-25)22-9-7-21(8-10-22)19-31-28(17-20-5-3-2-4-6-20)30-27-16-13-24(32(34)35)18-26(27)29(31)33/h2-16,18H,17,19H2,1H3. The summed E-state index contributed by atoms with van der Waals surface area (Å²) in [5.74, 6) is 1.40. The van der Waals surface area contributed by atoms with Crippen LogP contribution in [-0.4, -0.2) is 21.6 Å². The molecule has 0 radical (unpaired) electrons. The molecule has 7 nitrogen and oxygen atoms in total. The molecule has 0 aliphatic heterocycles. The first-order valence-corrected chi connectivity index (χ1v) is 11.5. The van der Waals surface area contributed by atoms with E-state index in [0.29, 0.717) is 24.3 Å². The van der Waals surface area contributed by atoms with Crippen LogP contribution < -0.4 is 10.3 Å². The Hall–Kier alpha value is -4.78. The molecule has 1 heterocycles. The maximum absolute atomic E-state index is 13.6. The maximum atomic E-state index is 13.6. The number of nitro benzene ring substituents is 1. The fourth-order valence-corrected chi connectivity index (χ4v) is 4.21. The van der Waals surface area contributed by atoms with Crippen LogP contribution in [0.25, 0.3) is 22.0 Å². The lowest BCUT2D eigenvalue weighted by Crippen LogP contribution is -2.26. The summed E-state index contributed by atoms with van der Waals surface area (Å²) in [6.45, 7) is 0.301. The summed E-state index contributed by atoms with van der Waals surface area (Å²) in [5.41, 5.74) is 4.07. The van der Waals surface area contributed by atoms with Crippen LogP contribution in [0.2, 0.25) is 0 Å². The molecular formula is C29H23N3O4. The van der Waals surface area contributed by atoms with Gasteiger partial charge in [-0.3, -0.25) is 19.5 Å². The minimum Gasteiger partial charge on any atom is -0.497 e. The summed E-state index contributed by atoms with van der Waals surface area (Å²) in [5, 5.41) is 11.5. The van der Waals surface area contributed by atoms with Crippen LogP contribution in [-0.2, 0) is 13.0 Å². The van der Waals surface area contributed by atoms with Gasteiger partial charge in [-0.25, -0.2) is 4.98 Å². The number of hydrogen-bond donors (Lipinski definition) is 0. The highest BCUT2D eigenvalue weighted by Gasteiger charge is 2.16. The van der Waals surface area contributed by atoms with E-state index in [0.717, 1.165) is 28.0 Å². The van der Waals surface area contributed by atoms with Crippen LogP contribution in [0.5, 0.6) is 5.75 Å². The van der Waals surface area contributed by atoms with Gasteiger partial charge in [-0.05, 0) is 40.5 Å². The van der Waals surface area contributed by atoms with Crippen molar-refractivity contribution in [1.82, 2.24) is 9.55 Å². The normalized spacial score (nSPS) is 10.9. The molecule has 5 aromatic rings. The zero-order chi connectivity index (χ0) is 25.1. The highest BCUT2D eigenvalue weighted by atomic mass is 16.6. The molecule has 7 heteroatoms. The largest absolute Gasteiger partial charge is 0.497 e. The first kappa shape index (κ1) is 23.0. The smallest absolute Gasteiger partial charge is 0.270 e. The summed E-state index contributed by atoms with van der Waals surface area (Å²) in [6, 6.07) is 29.8. The molecule has 0 N–H and O–H groups in total. The Morgan fingerprint density at radius 3 is 2.17 bits per heavy atom. The summed E-state index contributed by atoms with van der Waals surface area (Å²) in [4.78, 5) is 29.1. The third-order valence-electron chi connectivity index (χ3n) is 6.15. The molecule has 5 rings (SSSR count). The molecule has 0 fully saturated rings. The molecule has 0 unspecified atom stereocenters. The Morgan fingerprint density at radius 2 is 1.53 bits per heavy atom. The Morgan fingerprint density at radius 1 is 0.861 bits per heavy atom. The van der Waals surface area contributed by atoms with Gasteiger partial charge in [0.2, 0.25) is 0 Å². The Balaban J connectivity index is 1.54. The van der Waals surface area contributed by atoms with Crippen LogP contribution in [0.4, 0.5) is 5.69 Å². The molecule has 4 aromatic carbocycles. The monoisotopic (exact) mass is 477 g/mol. The quantitative estimate of drug-likeness (QED) is 0.224. The zero-order valence-electron chi connectivity index (χ0n) is 19.6. The lowest BCUT2D eigenvalue weighted by atomic mass is 10.0. The van der Waals surface area contributed by atoms with Crippen LogP contribution in [0.1, 0.15) is 17.0 Å². The van der Waals surface area contributed by atoms with Gasteiger partial charge >= 0.3 is 0 Å². The topological polar surface area (TPSA) is 87.3 Å². The van der Waals surface area contributed by atoms with E-state index in [4.69, 9.17) is 9.72 Å². The highest BCUT2D eigenvalue weighted by molar-refractivity contribution is 5.80. The SMILES string of the molecule is COc1ccc(-c2ccc(Cn3c(Cc4ccccc4)nc4ccc([N+](=O)[O-])cc4c3=O)cc2)cc1. The van der Waals surface area contributed by atoms with Gasteiger partial charge in [0.1, 0.15) is 11.6 Å². The van der Waals surface area contributed by atoms with Gasteiger partial charge in [0.15, 0.2) is 0 Å². The number of methoxy groups -OCH3 is 1. The van der Waals surface area contributed by atoms with Crippen molar-refractivity contribution in [2.24, 2.45) is 0 Å². The molecule has 0 bridgehead atoms. The number of rotatable bonds is 7. The first-order valence-electron chi connectivity index (χ1n) is 11.5. The van der Waals surface area contributed by atoms with Crippen molar-refractivity contribution in [3.05, 3.63) is 134 Å². The Kier molecular flexibility index (Phi) is 6.28. The predicted molar refractivity (Wildman–Crippen MR) is 139 cm³/mol. The number of aromatic nitrogens is 2. The Labute approximate surface area is 207 Å². The summed E-state index contributed by atoms with van der Waals surface area (Å²) in [7, 11) is 1.64. The van der Waals surface area contributed by atoms with E-state index in [9.17, 15) is 14.9 Å². The van der Waals surface area contributed by atoms with Crippen LogP contribution in [0.3, 0.4) is 0 Å². The average molecular weight is 478 g/mol. The van der Waals surface area contributed by atoms with Gasteiger partial charge in [-0.2, -0.15) is 0 Å². The van der Waals surface area contributed by atoms with E-state index in [1.54, 1.807) is 11.7 Å². The first-order chi connectivity index (χ1) is 17.5. The summed E-state index contributed by atoms with van der Waals surface area (Å²) >= 11 is 0. The highest BCUT2D eigenvalue weighted by Crippen LogP contribution is 2.24. The second-order valence-electron chi connectivity index (χ2n) is 8.47. The molecular weight excluding hydrogens is 454 g/mol. The number of ether oxygens (including phenoxy) is 1. The lowest BCUT2D eigenvalue weighted by molar-refractivity contribution is -0.384. The molecule has 1 aromatic heterocycles. The zero-order valence-corrected chi connectivity index (χ0v) is 19.6. The molecule has 0 saturated carbocycles. The number of fused-ring (bicyclic) bond motifs is 1. The molecule has 0 aliphatic rings. The summed E-state index contributed by atoms with van der Waals surface area (Å²) in [6.07, 6.45) is 0.465. The lowest BCUT2D eigenvalue weighted by Gasteiger charge is -2.14. The van der Waals surface area contributed by atoms with Crippen molar-refractivity contribution >= 4 is 16.6 Å². The van der Waals surface area contributed by atoms with Crippen molar-refractivity contribution in [1.29, 1.82) is 0 Å². The van der Waals surface area contributed by atoms with E-state index in [1.165, 1.54) is 18.2 Å². The number of nitrogens with zero attached hydrogens (tertiary/aromatic N) is 3. The van der Waals surface area contributed by atoms with Gasteiger partial charge in [-0.15, -0.1) is 0 Å². The van der Waals surface area contributed by atoms with E-state index in [2.05, 4.69) is 0 Å². The fraction of sp³-hybridized carbons (Fsp3) is 0.103. The molecule has 0 amide bonds. The molecule has 36 heavy (non-hydrogen) atoms. The van der Waals surface area contributed by atoms with Gasteiger partial charge in [-0.1, -0.05) is 66.7 Å². The third-order valence-corrected chi connectivity index (χ3v) is 6.15. The molecule has 0 saturated heterocycles. The minimum absolute atomic E-state index is 0.132. The number of benzene rings is 4. The fourth-order valence-electron chi connectivity index (χ4n) is 4.21. The summed E-state index contributed by atoms with van der Waals surface area (Å²) < 4.78 is 6.84. The second-order valence-corrected chi connectivity index (χ2v) is 8.47. The van der Waals surface area contributed by atoms with E-state index in [-0.39, 0.29) is 16.6 Å². The van der Waals surface area contributed by atoms with E-state index < -0.39 is 4.92 Å². The van der Waals surface area contributed by atoms with Crippen molar-refractivity contribution in [2.75, 3.05) is 7.11 Å². The van der Waals surface area contributed by atoms with Crippen LogP contribution >= 0.6 is 0 Å². The number of hydrogen-bond acceptors (Lipinski definition) is 5. The van der Waals surface area contributed by atoms with Gasteiger partial charge < -0.3 is 4.74 Å². The molecule has 0 spiro atoms. The van der Waals surface area contributed by atoms with E-state index in [1.807, 2.05) is 78.9 Å². The predicted octanol–water partition coefficient (Wildman–Crippen LogP) is 5.62. The van der Waals surface area contributed by atoms with Crippen LogP contribution in [0, 0.1) is 10.1 Å². The molecule has 0 aliphatic carbocycles. The van der Waals surface area contributed by atoms with E-state index >= 15 is 0 Å². The van der Waals surface area contributed by atoms with Crippen molar-refractivity contribution in [2.45, 2.75) is 13.0 Å². The van der Waals surface area contributed by atoms with Crippen molar-refractivity contribution in [3.63, 3.8) is 0 Å². The van der Waals surface area contributed by atoms with Gasteiger partial charge in [0, 0.05) is 18.6 Å². The van der Waals surface area contributed by atoms with Crippen LogP contribution in [0.15, 0.2) is 102 Å². The number of nitro groups is 1. The molecule has 0 atom stereocenters. The van der Waals surface area contributed by atoms with Crippen molar-refractivity contribution < 1.29 is 9.66 Å². The van der Waals surface area contributed by atoms with Gasteiger partial charge in [0.05, 0.1) is 29.5 Å².